The molecule has 4 aromatic rings. The predicted molar refractivity (Wildman–Crippen MR) is 133 cm³/mol. The van der Waals surface area contributed by atoms with E-state index < -0.39 is 23.6 Å². The van der Waals surface area contributed by atoms with E-state index in [9.17, 15) is 14.4 Å². The van der Waals surface area contributed by atoms with Crippen molar-refractivity contribution in [3.63, 3.8) is 0 Å². The quantitative estimate of drug-likeness (QED) is 0.291. The zero-order valence-electron chi connectivity index (χ0n) is 19.1. The molecular weight excluding hydrogens is 455 g/mol. The van der Waals surface area contributed by atoms with Gasteiger partial charge >= 0.3 is 5.97 Å². The molecule has 4 aromatic carbocycles. The Morgan fingerprint density at radius 3 is 2.19 bits per heavy atom. The first-order valence-corrected chi connectivity index (χ1v) is 11.3. The number of nitriles is 1. The summed E-state index contributed by atoms with van der Waals surface area (Å²) in [5.41, 5.74) is 9.04. The number of hydrogen-bond acceptors (Lipinski definition) is 5. The van der Waals surface area contributed by atoms with Gasteiger partial charge in [0.2, 0.25) is 5.88 Å². The number of nitrogens with zero attached hydrogens (tertiary/aromatic N) is 1. The van der Waals surface area contributed by atoms with E-state index in [0.717, 1.165) is 11.1 Å². The highest BCUT2D eigenvalue weighted by Gasteiger charge is 2.32. The zero-order chi connectivity index (χ0) is 25.1. The molecule has 0 amide bonds. The predicted octanol–water partition coefficient (Wildman–Crippen LogP) is 5.78. The molecule has 0 saturated carbocycles. The third-order valence-electron chi connectivity index (χ3n) is 6.09. The monoisotopic (exact) mass is 476 g/mol. The molecule has 0 aliphatic carbocycles. The standard InChI is InChI=1S/C30H21FN2O3/c31-22-13-7-12-21(16-22)28-24-15-14-23(17-26(24)36-29(33)25(28)18-32)35-30(34)27(19-8-3-1-4-9-19)20-10-5-2-6-11-20/h1-17,27-28H,33H2. The van der Waals surface area contributed by atoms with E-state index in [4.69, 9.17) is 15.2 Å². The van der Waals surface area contributed by atoms with Gasteiger partial charge < -0.3 is 15.2 Å². The molecule has 5 rings (SSSR count). The Labute approximate surface area is 207 Å². The molecule has 36 heavy (non-hydrogen) atoms. The summed E-state index contributed by atoms with van der Waals surface area (Å²) in [5, 5.41) is 9.71. The van der Waals surface area contributed by atoms with E-state index in [0.29, 0.717) is 16.9 Å². The molecule has 0 aromatic heterocycles. The van der Waals surface area contributed by atoms with Crippen molar-refractivity contribution in [2.75, 3.05) is 0 Å². The first kappa shape index (κ1) is 22.9. The van der Waals surface area contributed by atoms with Crippen LogP contribution in [0, 0.1) is 17.1 Å². The maximum atomic E-state index is 14.0. The van der Waals surface area contributed by atoms with Crippen molar-refractivity contribution in [2.24, 2.45) is 5.73 Å². The van der Waals surface area contributed by atoms with Gasteiger partial charge in [0.25, 0.3) is 0 Å². The average molecular weight is 477 g/mol. The Morgan fingerprint density at radius 2 is 1.58 bits per heavy atom. The summed E-state index contributed by atoms with van der Waals surface area (Å²) in [6.45, 7) is 0. The van der Waals surface area contributed by atoms with Gasteiger partial charge in [-0.1, -0.05) is 78.9 Å². The number of allylic oxidation sites excluding steroid dienone is 1. The number of benzene rings is 4. The van der Waals surface area contributed by atoms with Gasteiger partial charge in [0, 0.05) is 11.6 Å². The van der Waals surface area contributed by atoms with Crippen LogP contribution in [0.2, 0.25) is 0 Å². The number of rotatable bonds is 5. The van der Waals surface area contributed by atoms with Gasteiger partial charge in [-0.2, -0.15) is 5.26 Å². The molecule has 0 saturated heterocycles. The lowest BCUT2D eigenvalue weighted by Gasteiger charge is -2.27. The molecule has 2 N–H and O–H groups in total. The van der Waals surface area contributed by atoms with E-state index in [2.05, 4.69) is 6.07 Å². The van der Waals surface area contributed by atoms with Crippen LogP contribution in [0.4, 0.5) is 4.39 Å². The highest BCUT2D eigenvalue weighted by Crippen LogP contribution is 2.43. The average Bonchev–Trinajstić information content (AvgIpc) is 2.89. The maximum absolute atomic E-state index is 14.0. The minimum Gasteiger partial charge on any atom is -0.440 e. The van der Waals surface area contributed by atoms with E-state index in [1.807, 2.05) is 60.7 Å². The van der Waals surface area contributed by atoms with Crippen LogP contribution in [-0.2, 0) is 4.79 Å². The summed E-state index contributed by atoms with van der Waals surface area (Å²) < 4.78 is 25.5. The highest BCUT2D eigenvalue weighted by molar-refractivity contribution is 5.84. The molecule has 176 valence electrons. The van der Waals surface area contributed by atoms with Crippen molar-refractivity contribution >= 4 is 5.97 Å². The topological polar surface area (TPSA) is 85.3 Å². The highest BCUT2D eigenvalue weighted by atomic mass is 19.1. The maximum Gasteiger partial charge on any atom is 0.323 e. The van der Waals surface area contributed by atoms with Gasteiger partial charge in [0.1, 0.15) is 34.9 Å². The molecule has 0 radical (unpaired) electrons. The number of fused-ring (bicyclic) bond motifs is 1. The van der Waals surface area contributed by atoms with Crippen LogP contribution in [0.3, 0.4) is 0 Å². The third kappa shape index (κ3) is 4.42. The molecule has 6 heteroatoms. The van der Waals surface area contributed by atoms with Crippen LogP contribution >= 0.6 is 0 Å². The van der Waals surface area contributed by atoms with Gasteiger partial charge in [-0.15, -0.1) is 0 Å². The Balaban J connectivity index is 1.49. The summed E-state index contributed by atoms with van der Waals surface area (Å²) in [6, 6.07) is 31.8. The molecule has 5 nitrogen and oxygen atoms in total. The number of halogens is 1. The van der Waals surface area contributed by atoms with Gasteiger partial charge in [0.15, 0.2) is 0 Å². The van der Waals surface area contributed by atoms with Gasteiger partial charge in [-0.05, 0) is 34.9 Å². The summed E-state index contributed by atoms with van der Waals surface area (Å²) in [5.74, 6) is -1.58. The second-order valence-corrected chi connectivity index (χ2v) is 8.35. The molecule has 0 spiro atoms. The number of ether oxygens (including phenoxy) is 2. The minimum absolute atomic E-state index is 0.0748. The van der Waals surface area contributed by atoms with Crippen LogP contribution in [-0.4, -0.2) is 5.97 Å². The fraction of sp³-hybridized carbons (Fsp3) is 0.0667. The normalized spacial score (nSPS) is 14.5. The molecule has 1 heterocycles. The van der Waals surface area contributed by atoms with Crippen LogP contribution in [0.5, 0.6) is 11.5 Å². The molecule has 1 unspecified atom stereocenters. The second kappa shape index (κ2) is 9.77. The summed E-state index contributed by atoms with van der Waals surface area (Å²) >= 11 is 0. The van der Waals surface area contributed by atoms with Crippen LogP contribution in [0.15, 0.2) is 115 Å². The summed E-state index contributed by atoms with van der Waals surface area (Å²) in [7, 11) is 0. The summed E-state index contributed by atoms with van der Waals surface area (Å²) in [6.07, 6.45) is 0. The van der Waals surface area contributed by atoms with E-state index in [1.165, 1.54) is 12.1 Å². The van der Waals surface area contributed by atoms with Crippen molar-refractivity contribution in [3.8, 4) is 17.6 Å². The lowest BCUT2D eigenvalue weighted by Crippen LogP contribution is -2.22. The lowest BCUT2D eigenvalue weighted by atomic mass is 9.83. The molecule has 0 fully saturated rings. The third-order valence-corrected chi connectivity index (χ3v) is 6.09. The van der Waals surface area contributed by atoms with Crippen molar-refractivity contribution in [3.05, 3.63) is 143 Å². The van der Waals surface area contributed by atoms with Crippen molar-refractivity contribution < 1.29 is 18.7 Å². The van der Waals surface area contributed by atoms with Crippen LogP contribution in [0.25, 0.3) is 0 Å². The summed E-state index contributed by atoms with van der Waals surface area (Å²) in [4.78, 5) is 13.4. The number of carbonyl (C=O) groups excluding carboxylic acids is 1. The Bertz CT molecular complexity index is 1450. The molecular formula is C30H21FN2O3. The van der Waals surface area contributed by atoms with Crippen molar-refractivity contribution in [2.45, 2.75) is 11.8 Å². The van der Waals surface area contributed by atoms with Crippen LogP contribution in [0.1, 0.15) is 34.1 Å². The number of carbonyl (C=O) groups is 1. The molecule has 1 aliphatic heterocycles. The number of nitrogens with two attached hydrogens (primary N) is 1. The number of hydrogen-bond donors (Lipinski definition) is 1. The fourth-order valence-corrected chi connectivity index (χ4v) is 4.46. The largest absolute Gasteiger partial charge is 0.440 e. The molecule has 0 bridgehead atoms. The minimum atomic E-state index is -0.625. The van der Waals surface area contributed by atoms with Crippen molar-refractivity contribution in [1.82, 2.24) is 0 Å². The number of esters is 1. The first-order chi connectivity index (χ1) is 17.5. The SMILES string of the molecule is N#CC1=C(N)Oc2cc(OC(=O)C(c3ccccc3)c3ccccc3)ccc2C1c1cccc(F)c1. The smallest absolute Gasteiger partial charge is 0.323 e. The van der Waals surface area contributed by atoms with Gasteiger partial charge in [-0.3, -0.25) is 4.79 Å². The second-order valence-electron chi connectivity index (χ2n) is 8.35. The van der Waals surface area contributed by atoms with Crippen LogP contribution < -0.4 is 15.2 Å². The van der Waals surface area contributed by atoms with E-state index in [1.54, 1.807) is 30.3 Å². The lowest BCUT2D eigenvalue weighted by molar-refractivity contribution is -0.135. The van der Waals surface area contributed by atoms with E-state index >= 15 is 0 Å². The zero-order valence-corrected chi connectivity index (χ0v) is 19.1. The Hall–Kier alpha value is -4.89. The fourth-order valence-electron chi connectivity index (χ4n) is 4.46. The molecule has 1 aliphatic rings. The Morgan fingerprint density at radius 1 is 0.917 bits per heavy atom. The van der Waals surface area contributed by atoms with Crippen molar-refractivity contribution in [1.29, 1.82) is 5.26 Å². The first-order valence-electron chi connectivity index (χ1n) is 11.3. The molecule has 1 atom stereocenters. The van der Waals surface area contributed by atoms with E-state index in [-0.39, 0.29) is 17.2 Å². The van der Waals surface area contributed by atoms with Gasteiger partial charge in [0.05, 0.1) is 5.92 Å². The Kier molecular flexibility index (Phi) is 6.21. The van der Waals surface area contributed by atoms with Gasteiger partial charge in [-0.25, -0.2) is 4.39 Å².